The lowest BCUT2D eigenvalue weighted by Gasteiger charge is -2.16. The highest BCUT2D eigenvalue weighted by molar-refractivity contribution is 6.27. The molecule has 0 atom stereocenters. The fourth-order valence-corrected chi connectivity index (χ4v) is 7.21. The number of nitrogens with zero attached hydrogens (tertiary/aromatic N) is 3. The molecule has 0 N–H and O–H groups in total. The van der Waals surface area contributed by atoms with Crippen LogP contribution in [0.3, 0.4) is 0 Å². The number of rotatable bonds is 3. The molecule has 0 unspecified atom stereocenters. The molecule has 0 radical (unpaired) electrons. The van der Waals surface area contributed by atoms with Crippen LogP contribution in [0.4, 0.5) is 0 Å². The summed E-state index contributed by atoms with van der Waals surface area (Å²) in [5.41, 5.74) is 2.99. The van der Waals surface area contributed by atoms with E-state index in [9.17, 15) is 0 Å². The van der Waals surface area contributed by atoms with Gasteiger partial charge in [-0.15, -0.1) is 0 Å². The van der Waals surface area contributed by atoms with Gasteiger partial charge in [0.05, 0.1) is 0 Å². The van der Waals surface area contributed by atoms with E-state index in [1.165, 1.54) is 53.9 Å². The van der Waals surface area contributed by atoms with Gasteiger partial charge in [-0.2, -0.15) is 0 Å². The maximum atomic E-state index is 5.27. The number of hydrogen-bond acceptors (Lipinski definition) is 3. The minimum atomic E-state index is 0.668. The van der Waals surface area contributed by atoms with Crippen molar-refractivity contribution in [1.82, 2.24) is 15.0 Å². The zero-order chi connectivity index (χ0) is 28.8. The highest BCUT2D eigenvalue weighted by Gasteiger charge is 2.19. The molecular weight excluding hydrogens is 534 g/mol. The monoisotopic (exact) mass is 557 g/mol. The van der Waals surface area contributed by atoms with Gasteiger partial charge in [-0.1, -0.05) is 127 Å². The van der Waals surface area contributed by atoms with Crippen molar-refractivity contribution in [1.29, 1.82) is 0 Å². The first-order valence-electron chi connectivity index (χ1n) is 15.0. The highest BCUT2D eigenvalue weighted by atomic mass is 15.0. The third-order valence-corrected chi connectivity index (χ3v) is 9.19. The third kappa shape index (κ3) is 3.29. The lowest BCUT2D eigenvalue weighted by Crippen LogP contribution is -2.01. The van der Waals surface area contributed by atoms with Crippen LogP contribution in [-0.4, -0.2) is 15.0 Å². The number of benzene rings is 9. The normalized spacial score (nSPS) is 12.1. The van der Waals surface area contributed by atoms with Gasteiger partial charge >= 0.3 is 0 Å². The molecule has 9 aromatic carbocycles. The zero-order valence-electron chi connectivity index (χ0n) is 23.6. The molecule has 3 heteroatoms. The molecular formula is C41H23N3. The Bertz CT molecular complexity index is 2690. The van der Waals surface area contributed by atoms with E-state index in [1.54, 1.807) is 0 Å². The van der Waals surface area contributed by atoms with E-state index in [4.69, 9.17) is 15.0 Å². The van der Waals surface area contributed by atoms with Crippen molar-refractivity contribution in [3.05, 3.63) is 140 Å². The van der Waals surface area contributed by atoms with Crippen LogP contribution in [0.5, 0.6) is 0 Å². The van der Waals surface area contributed by atoms with E-state index in [0.717, 1.165) is 27.5 Å². The topological polar surface area (TPSA) is 38.7 Å². The molecule has 0 bridgehead atoms. The molecule has 10 rings (SSSR count). The van der Waals surface area contributed by atoms with Crippen molar-refractivity contribution in [3.8, 4) is 34.2 Å². The summed E-state index contributed by atoms with van der Waals surface area (Å²) >= 11 is 0. The molecule has 0 fully saturated rings. The minimum absolute atomic E-state index is 0.668. The Balaban J connectivity index is 1.31. The highest BCUT2D eigenvalue weighted by Crippen LogP contribution is 2.42. The van der Waals surface area contributed by atoms with Gasteiger partial charge in [0, 0.05) is 16.7 Å². The van der Waals surface area contributed by atoms with Crippen LogP contribution in [0.1, 0.15) is 0 Å². The summed E-state index contributed by atoms with van der Waals surface area (Å²) in [5.74, 6) is 2.02. The molecule has 0 aliphatic carbocycles. The van der Waals surface area contributed by atoms with Crippen molar-refractivity contribution in [2.75, 3.05) is 0 Å². The molecule has 10 aromatic rings. The second-order valence-corrected chi connectivity index (χ2v) is 11.6. The van der Waals surface area contributed by atoms with E-state index in [0.29, 0.717) is 17.5 Å². The van der Waals surface area contributed by atoms with Gasteiger partial charge < -0.3 is 0 Å². The fraction of sp³-hybridized carbons (Fsp3) is 0. The van der Waals surface area contributed by atoms with E-state index < -0.39 is 0 Å². The van der Waals surface area contributed by atoms with Crippen LogP contribution in [-0.2, 0) is 0 Å². The summed E-state index contributed by atoms with van der Waals surface area (Å²) in [5, 5.41) is 14.7. The Hall–Kier alpha value is -5.93. The Labute approximate surface area is 252 Å². The second-order valence-electron chi connectivity index (χ2n) is 11.6. The van der Waals surface area contributed by atoms with Crippen LogP contribution < -0.4 is 0 Å². The van der Waals surface area contributed by atoms with E-state index in [-0.39, 0.29) is 0 Å². The Morgan fingerprint density at radius 1 is 0.295 bits per heavy atom. The molecule has 1 aromatic heterocycles. The molecule has 0 aliphatic heterocycles. The van der Waals surface area contributed by atoms with Crippen LogP contribution in [0.2, 0.25) is 0 Å². The quantitative estimate of drug-likeness (QED) is 0.203. The summed E-state index contributed by atoms with van der Waals surface area (Å²) < 4.78 is 0. The largest absolute Gasteiger partial charge is 0.208 e. The van der Waals surface area contributed by atoms with Gasteiger partial charge in [0.2, 0.25) is 0 Å². The van der Waals surface area contributed by atoms with Crippen molar-refractivity contribution in [3.63, 3.8) is 0 Å². The zero-order valence-corrected chi connectivity index (χ0v) is 23.6. The van der Waals surface area contributed by atoms with E-state index >= 15 is 0 Å². The Morgan fingerprint density at radius 2 is 0.773 bits per heavy atom. The van der Waals surface area contributed by atoms with Gasteiger partial charge in [0.15, 0.2) is 17.5 Å². The predicted octanol–water partition coefficient (Wildman–Crippen LogP) is 10.7. The lowest BCUT2D eigenvalue weighted by atomic mass is 9.91. The van der Waals surface area contributed by atoms with Gasteiger partial charge in [0.25, 0.3) is 0 Å². The summed E-state index contributed by atoms with van der Waals surface area (Å²) in [4.78, 5) is 15.5. The van der Waals surface area contributed by atoms with Crippen LogP contribution in [0.15, 0.2) is 140 Å². The predicted molar refractivity (Wildman–Crippen MR) is 184 cm³/mol. The van der Waals surface area contributed by atoms with Gasteiger partial charge in [0.1, 0.15) is 0 Å². The van der Waals surface area contributed by atoms with Crippen molar-refractivity contribution in [2.45, 2.75) is 0 Å². The van der Waals surface area contributed by atoms with Crippen LogP contribution in [0.25, 0.3) is 98.8 Å². The average molecular weight is 558 g/mol. The summed E-state index contributed by atoms with van der Waals surface area (Å²) in [6, 6.07) is 49.7. The molecule has 1 heterocycles. The van der Waals surface area contributed by atoms with Gasteiger partial charge in [-0.05, 0) is 76.8 Å². The summed E-state index contributed by atoms with van der Waals surface area (Å²) in [6.07, 6.45) is 0. The van der Waals surface area contributed by atoms with Gasteiger partial charge in [-0.3, -0.25) is 0 Å². The molecule has 0 amide bonds. The third-order valence-electron chi connectivity index (χ3n) is 9.19. The molecule has 3 nitrogen and oxygen atoms in total. The number of hydrogen-bond donors (Lipinski definition) is 0. The van der Waals surface area contributed by atoms with Gasteiger partial charge in [-0.25, -0.2) is 15.0 Å². The minimum Gasteiger partial charge on any atom is -0.208 e. The molecule has 0 aliphatic rings. The number of aromatic nitrogens is 3. The second kappa shape index (κ2) is 8.79. The lowest BCUT2D eigenvalue weighted by molar-refractivity contribution is 1.08. The molecule has 0 saturated carbocycles. The first-order chi connectivity index (χ1) is 21.8. The maximum Gasteiger partial charge on any atom is 0.164 e. The summed E-state index contributed by atoms with van der Waals surface area (Å²) in [6.45, 7) is 0. The molecule has 0 saturated heterocycles. The Kier molecular flexibility index (Phi) is 4.72. The van der Waals surface area contributed by atoms with E-state index in [1.807, 2.05) is 18.2 Å². The smallest absolute Gasteiger partial charge is 0.164 e. The van der Waals surface area contributed by atoms with Crippen molar-refractivity contribution in [2.24, 2.45) is 0 Å². The summed E-state index contributed by atoms with van der Waals surface area (Å²) in [7, 11) is 0. The average Bonchev–Trinajstić information content (AvgIpc) is 3.09. The first kappa shape index (κ1) is 23.6. The SMILES string of the molecule is c1ccc(-c2nc(-c3ccc4ccc5cccc6ccc3c4c56)nc(-c3cc4cccc5ccc6cccc3c6c54)n2)cc1. The maximum absolute atomic E-state index is 5.27. The van der Waals surface area contributed by atoms with Crippen molar-refractivity contribution >= 4 is 64.6 Å². The van der Waals surface area contributed by atoms with Crippen LogP contribution in [0, 0.1) is 0 Å². The Morgan fingerprint density at radius 3 is 1.48 bits per heavy atom. The van der Waals surface area contributed by atoms with E-state index in [2.05, 4.69) is 121 Å². The fourth-order valence-electron chi connectivity index (χ4n) is 7.21. The first-order valence-corrected chi connectivity index (χ1v) is 15.0. The van der Waals surface area contributed by atoms with Crippen molar-refractivity contribution < 1.29 is 0 Å². The standard InChI is InChI=1S/C41H23N3/c1-2-7-29(8-3-1)39-42-40(33-22-20-28-18-16-24-9-4-10-26-19-21-32(33)38(28)35(24)26)44-41(43-39)34-23-30-13-5-11-25-15-17-27-12-6-14-31(34)37(27)36(25)30/h1-23H. The molecule has 0 spiro atoms. The van der Waals surface area contributed by atoms with Crippen LogP contribution >= 0.6 is 0 Å². The molecule has 202 valence electrons. The molecule has 44 heavy (non-hydrogen) atoms.